The summed E-state index contributed by atoms with van der Waals surface area (Å²) < 4.78 is 0. The van der Waals surface area contributed by atoms with E-state index in [1.807, 2.05) is 36.4 Å². The fraction of sp³-hybridized carbons (Fsp3) is 0. The molecule has 2 rings (SSSR count). The van der Waals surface area contributed by atoms with Gasteiger partial charge >= 0.3 is 0 Å². The van der Waals surface area contributed by atoms with E-state index in [0.717, 1.165) is 16.3 Å². The highest BCUT2D eigenvalue weighted by molar-refractivity contribution is 6.33. The van der Waals surface area contributed by atoms with Crippen LogP contribution in [0.1, 0.15) is 0 Å². The number of aromatic nitrogens is 1. The van der Waals surface area contributed by atoms with Crippen LogP contribution in [0.25, 0.3) is 11.3 Å². The lowest BCUT2D eigenvalue weighted by molar-refractivity contribution is 1.32. The molecule has 1 radical (unpaired) electrons. The number of rotatable bonds is 1. The van der Waals surface area contributed by atoms with E-state index >= 15 is 0 Å². The monoisotopic (exact) mass is 188 g/mol. The SMILES string of the molecule is Clc1ccccc1-c1cc[c]cn1. The Morgan fingerprint density at radius 3 is 2.69 bits per heavy atom. The maximum atomic E-state index is 6.01. The van der Waals surface area contributed by atoms with Gasteiger partial charge in [-0.25, -0.2) is 0 Å². The molecule has 1 aromatic heterocycles. The van der Waals surface area contributed by atoms with E-state index < -0.39 is 0 Å². The summed E-state index contributed by atoms with van der Waals surface area (Å²) in [6.07, 6.45) is 1.64. The zero-order valence-electron chi connectivity index (χ0n) is 6.87. The molecule has 2 aromatic rings. The predicted molar refractivity (Wildman–Crippen MR) is 53.5 cm³/mol. The Kier molecular flexibility index (Phi) is 2.28. The Morgan fingerprint density at radius 1 is 1.15 bits per heavy atom. The van der Waals surface area contributed by atoms with E-state index in [9.17, 15) is 0 Å². The average molecular weight is 189 g/mol. The molecule has 0 aliphatic rings. The van der Waals surface area contributed by atoms with E-state index in [4.69, 9.17) is 11.6 Å². The molecular weight excluding hydrogens is 182 g/mol. The minimum Gasteiger partial charge on any atom is -0.256 e. The Balaban J connectivity index is 2.54. The van der Waals surface area contributed by atoms with E-state index in [1.54, 1.807) is 6.20 Å². The number of halogens is 1. The van der Waals surface area contributed by atoms with Crippen LogP contribution in [-0.2, 0) is 0 Å². The maximum Gasteiger partial charge on any atom is 0.0717 e. The highest BCUT2D eigenvalue weighted by Crippen LogP contribution is 2.24. The van der Waals surface area contributed by atoms with Gasteiger partial charge in [-0.3, -0.25) is 4.98 Å². The second-order valence-electron chi connectivity index (χ2n) is 2.62. The Hall–Kier alpha value is -1.34. The van der Waals surface area contributed by atoms with Crippen LogP contribution in [0.4, 0.5) is 0 Å². The Labute approximate surface area is 82.0 Å². The zero-order valence-corrected chi connectivity index (χ0v) is 7.62. The molecule has 13 heavy (non-hydrogen) atoms. The van der Waals surface area contributed by atoms with Crippen molar-refractivity contribution in [2.24, 2.45) is 0 Å². The molecule has 0 unspecified atom stereocenters. The van der Waals surface area contributed by atoms with E-state index in [0.29, 0.717) is 0 Å². The van der Waals surface area contributed by atoms with E-state index in [1.165, 1.54) is 0 Å². The van der Waals surface area contributed by atoms with Crippen LogP contribution in [0.3, 0.4) is 0 Å². The summed E-state index contributed by atoms with van der Waals surface area (Å²) in [7, 11) is 0. The van der Waals surface area contributed by atoms with Crippen molar-refractivity contribution in [1.82, 2.24) is 4.98 Å². The average Bonchev–Trinajstić information content (AvgIpc) is 2.20. The summed E-state index contributed by atoms with van der Waals surface area (Å²) in [6, 6.07) is 14.2. The minimum atomic E-state index is 0.723. The van der Waals surface area contributed by atoms with Crippen molar-refractivity contribution >= 4 is 11.6 Å². The molecule has 1 nitrogen and oxygen atoms in total. The third kappa shape index (κ3) is 1.70. The maximum absolute atomic E-state index is 6.01. The number of hydrogen-bond donors (Lipinski definition) is 0. The van der Waals surface area contributed by atoms with Crippen molar-refractivity contribution in [2.75, 3.05) is 0 Å². The largest absolute Gasteiger partial charge is 0.256 e. The van der Waals surface area contributed by atoms with Gasteiger partial charge in [-0.1, -0.05) is 35.9 Å². The van der Waals surface area contributed by atoms with Gasteiger partial charge in [0, 0.05) is 22.8 Å². The van der Waals surface area contributed by atoms with E-state index in [-0.39, 0.29) is 0 Å². The van der Waals surface area contributed by atoms with Gasteiger partial charge in [-0.05, 0) is 12.1 Å². The highest BCUT2D eigenvalue weighted by atomic mass is 35.5. The standard InChI is InChI=1S/C11H7ClN/c12-10-6-2-1-5-9(10)11-7-3-4-8-13-11/h1-3,5-8H. The molecule has 0 saturated carbocycles. The first-order valence-corrected chi connectivity index (χ1v) is 4.33. The lowest BCUT2D eigenvalue weighted by Crippen LogP contribution is -1.82. The first-order chi connectivity index (χ1) is 6.38. The smallest absolute Gasteiger partial charge is 0.0717 e. The van der Waals surface area contributed by atoms with Gasteiger partial charge in [-0.15, -0.1) is 0 Å². The molecule has 1 heterocycles. The summed E-state index contributed by atoms with van der Waals surface area (Å²) in [5.74, 6) is 0. The van der Waals surface area contributed by atoms with Gasteiger partial charge in [0.15, 0.2) is 0 Å². The van der Waals surface area contributed by atoms with Crippen molar-refractivity contribution in [3.05, 3.63) is 53.7 Å². The predicted octanol–water partition coefficient (Wildman–Crippen LogP) is 3.20. The number of pyridine rings is 1. The van der Waals surface area contributed by atoms with Crippen LogP contribution in [-0.4, -0.2) is 4.98 Å². The Morgan fingerprint density at radius 2 is 2.00 bits per heavy atom. The van der Waals surface area contributed by atoms with Crippen LogP contribution in [0, 0.1) is 6.07 Å². The normalized spacial score (nSPS) is 9.92. The molecule has 63 valence electrons. The molecular formula is C11H7ClN. The molecule has 0 saturated heterocycles. The number of benzene rings is 1. The van der Waals surface area contributed by atoms with Gasteiger partial charge in [0.1, 0.15) is 0 Å². The topological polar surface area (TPSA) is 12.9 Å². The van der Waals surface area contributed by atoms with Crippen molar-refractivity contribution < 1.29 is 0 Å². The molecule has 0 amide bonds. The van der Waals surface area contributed by atoms with Crippen molar-refractivity contribution in [3.63, 3.8) is 0 Å². The summed E-state index contributed by atoms with van der Waals surface area (Å²) in [6.45, 7) is 0. The van der Waals surface area contributed by atoms with Gasteiger partial charge < -0.3 is 0 Å². The molecule has 0 fully saturated rings. The lowest BCUT2D eigenvalue weighted by atomic mass is 10.1. The lowest BCUT2D eigenvalue weighted by Gasteiger charge is -2.01. The molecule has 2 heteroatoms. The second kappa shape index (κ2) is 3.58. The molecule has 0 bridgehead atoms. The Bertz CT molecular complexity index is 398. The highest BCUT2D eigenvalue weighted by Gasteiger charge is 2.01. The minimum absolute atomic E-state index is 0.723. The molecule has 1 aromatic carbocycles. The summed E-state index contributed by atoms with van der Waals surface area (Å²) >= 11 is 6.01. The molecule has 0 N–H and O–H groups in total. The van der Waals surface area contributed by atoms with Crippen LogP contribution in [0.15, 0.2) is 42.6 Å². The van der Waals surface area contributed by atoms with Crippen LogP contribution in [0.5, 0.6) is 0 Å². The third-order valence-electron chi connectivity index (χ3n) is 1.77. The van der Waals surface area contributed by atoms with Gasteiger partial charge in [0.05, 0.1) is 5.69 Å². The molecule has 0 spiro atoms. The van der Waals surface area contributed by atoms with E-state index in [2.05, 4.69) is 11.1 Å². The summed E-state index contributed by atoms with van der Waals surface area (Å²) in [5, 5.41) is 0.723. The summed E-state index contributed by atoms with van der Waals surface area (Å²) in [4.78, 5) is 4.17. The first kappa shape index (κ1) is 8.27. The third-order valence-corrected chi connectivity index (χ3v) is 2.09. The zero-order chi connectivity index (χ0) is 9.10. The molecule has 0 atom stereocenters. The van der Waals surface area contributed by atoms with Gasteiger partial charge in [0.25, 0.3) is 0 Å². The van der Waals surface area contributed by atoms with Crippen LogP contribution in [0.2, 0.25) is 5.02 Å². The quantitative estimate of drug-likeness (QED) is 0.670. The van der Waals surface area contributed by atoms with Crippen molar-refractivity contribution in [3.8, 4) is 11.3 Å². The first-order valence-electron chi connectivity index (χ1n) is 3.95. The van der Waals surface area contributed by atoms with Gasteiger partial charge in [0.2, 0.25) is 0 Å². The molecule has 0 aliphatic heterocycles. The van der Waals surface area contributed by atoms with Gasteiger partial charge in [-0.2, -0.15) is 0 Å². The summed E-state index contributed by atoms with van der Waals surface area (Å²) in [5.41, 5.74) is 1.84. The molecule has 0 aliphatic carbocycles. The fourth-order valence-electron chi connectivity index (χ4n) is 1.15. The van der Waals surface area contributed by atoms with Crippen molar-refractivity contribution in [1.29, 1.82) is 0 Å². The number of hydrogen-bond acceptors (Lipinski definition) is 1. The second-order valence-corrected chi connectivity index (χ2v) is 3.03. The fourth-order valence-corrected chi connectivity index (χ4v) is 1.38. The van der Waals surface area contributed by atoms with Crippen molar-refractivity contribution in [2.45, 2.75) is 0 Å². The van der Waals surface area contributed by atoms with Crippen LogP contribution >= 0.6 is 11.6 Å². The number of nitrogens with zero attached hydrogens (tertiary/aromatic N) is 1. The van der Waals surface area contributed by atoms with Crippen LogP contribution < -0.4 is 0 Å².